The maximum Gasteiger partial charge on any atom is 0.299 e. The first-order chi connectivity index (χ1) is 14.4. The van der Waals surface area contributed by atoms with Gasteiger partial charge in [-0.2, -0.15) is 9.78 Å². The van der Waals surface area contributed by atoms with E-state index in [2.05, 4.69) is 15.3 Å². The molecule has 3 rings (SSSR count). The van der Waals surface area contributed by atoms with Gasteiger partial charge in [-0.15, -0.1) is 10.2 Å². The molecule has 0 aliphatic carbocycles. The molecule has 30 heavy (non-hydrogen) atoms. The Morgan fingerprint density at radius 2 is 1.97 bits per heavy atom. The molecule has 0 radical (unpaired) electrons. The fourth-order valence-corrected chi connectivity index (χ4v) is 3.36. The van der Waals surface area contributed by atoms with Crippen molar-refractivity contribution in [2.75, 3.05) is 13.4 Å². The second-order valence-electron chi connectivity index (χ2n) is 6.17. The lowest BCUT2D eigenvalue weighted by Gasteiger charge is -2.13. The van der Waals surface area contributed by atoms with Gasteiger partial charge in [0, 0.05) is 10.6 Å². The molecule has 158 valence electrons. The Morgan fingerprint density at radius 1 is 1.20 bits per heavy atom. The van der Waals surface area contributed by atoms with E-state index >= 15 is 0 Å². The minimum absolute atomic E-state index is 0.248. The van der Waals surface area contributed by atoms with Crippen LogP contribution in [0.4, 0.5) is 8.78 Å². The van der Waals surface area contributed by atoms with Crippen molar-refractivity contribution in [3.05, 3.63) is 63.9 Å². The van der Waals surface area contributed by atoms with E-state index in [4.69, 9.17) is 21.1 Å². The highest BCUT2D eigenvalue weighted by Gasteiger charge is 2.19. The number of hydrogen-bond donors (Lipinski definition) is 0. The third kappa shape index (κ3) is 5.09. The number of nitrogens with zero attached hydrogens (tertiary/aromatic N) is 4. The number of alkyl halides is 2. The summed E-state index contributed by atoms with van der Waals surface area (Å²) >= 11 is 7.16. The number of thioether (sulfide) groups is 1. The van der Waals surface area contributed by atoms with E-state index in [1.54, 1.807) is 37.6 Å². The van der Waals surface area contributed by atoms with Crippen molar-refractivity contribution in [2.45, 2.75) is 25.1 Å². The Morgan fingerprint density at radius 3 is 2.63 bits per heavy atom. The van der Waals surface area contributed by atoms with E-state index < -0.39 is 12.2 Å². The smallest absolute Gasteiger partial charge is 0.299 e. The zero-order valence-corrected chi connectivity index (χ0v) is 18.0. The molecule has 10 heteroatoms. The maximum absolute atomic E-state index is 13.1. The third-order valence-corrected chi connectivity index (χ3v) is 5.02. The fraction of sp³-hybridized carbons (Fsp3) is 0.250. The van der Waals surface area contributed by atoms with Crippen molar-refractivity contribution < 1.29 is 18.3 Å². The molecule has 0 amide bonds. The van der Waals surface area contributed by atoms with Crippen LogP contribution >= 0.6 is 23.4 Å². The van der Waals surface area contributed by atoms with Gasteiger partial charge in [0.25, 0.3) is 6.43 Å². The van der Waals surface area contributed by atoms with Crippen LogP contribution in [0.2, 0.25) is 5.02 Å². The van der Waals surface area contributed by atoms with E-state index in [9.17, 15) is 8.78 Å². The minimum Gasteiger partial charge on any atom is -0.496 e. The summed E-state index contributed by atoms with van der Waals surface area (Å²) in [6.45, 7) is 2.16. The molecule has 6 nitrogen and oxygen atoms in total. The number of methoxy groups -OCH3 is 1. The van der Waals surface area contributed by atoms with Crippen LogP contribution in [0.3, 0.4) is 0 Å². The summed E-state index contributed by atoms with van der Waals surface area (Å²) in [5, 5.41) is 12.3. The quantitative estimate of drug-likeness (QED) is 0.339. The van der Waals surface area contributed by atoms with Gasteiger partial charge in [0.05, 0.1) is 13.3 Å². The Balaban J connectivity index is 1.84. The van der Waals surface area contributed by atoms with Crippen LogP contribution in [-0.2, 0) is 6.61 Å². The number of aryl methyl sites for hydroxylation is 1. The maximum atomic E-state index is 13.1. The summed E-state index contributed by atoms with van der Waals surface area (Å²) in [5.41, 5.74) is 2.37. The summed E-state index contributed by atoms with van der Waals surface area (Å²) in [4.78, 5) is 0. The molecule has 0 aliphatic heterocycles. The van der Waals surface area contributed by atoms with Crippen molar-refractivity contribution in [1.29, 1.82) is 0 Å². The highest BCUT2D eigenvalue weighted by molar-refractivity contribution is 7.98. The van der Waals surface area contributed by atoms with Crippen molar-refractivity contribution >= 4 is 29.6 Å². The molecule has 0 fully saturated rings. The zero-order chi connectivity index (χ0) is 21.7. The van der Waals surface area contributed by atoms with Crippen LogP contribution in [0, 0.1) is 6.92 Å². The van der Waals surface area contributed by atoms with E-state index in [0.717, 1.165) is 15.8 Å². The molecule has 0 saturated heterocycles. The summed E-state index contributed by atoms with van der Waals surface area (Å²) in [7, 11) is 1.57. The predicted molar refractivity (Wildman–Crippen MR) is 113 cm³/mol. The van der Waals surface area contributed by atoms with Crippen LogP contribution in [0.25, 0.3) is 0 Å². The SMILES string of the molecule is COc1ccc(/C=N/n2c(SC)nnc2C(F)F)cc1COc1ccc(Cl)cc1C. The van der Waals surface area contributed by atoms with E-state index in [0.29, 0.717) is 22.1 Å². The molecule has 0 spiro atoms. The van der Waals surface area contributed by atoms with Crippen LogP contribution < -0.4 is 9.47 Å². The molecule has 0 atom stereocenters. The molecule has 1 aromatic heterocycles. The van der Waals surface area contributed by atoms with Gasteiger partial charge in [-0.25, -0.2) is 8.78 Å². The average Bonchev–Trinajstić information content (AvgIpc) is 3.15. The van der Waals surface area contributed by atoms with Crippen LogP contribution in [0.1, 0.15) is 28.9 Å². The van der Waals surface area contributed by atoms with Gasteiger partial charge in [-0.3, -0.25) is 0 Å². The van der Waals surface area contributed by atoms with E-state index in [-0.39, 0.29) is 11.8 Å². The number of halogens is 3. The van der Waals surface area contributed by atoms with E-state index in [1.165, 1.54) is 18.0 Å². The van der Waals surface area contributed by atoms with Gasteiger partial charge in [0.2, 0.25) is 11.0 Å². The molecule has 0 aliphatic rings. The molecule has 2 aromatic carbocycles. The topological polar surface area (TPSA) is 61.5 Å². The molecule has 0 N–H and O–H groups in total. The number of ether oxygens (including phenoxy) is 2. The highest BCUT2D eigenvalue weighted by atomic mass is 35.5. The molecule has 0 bridgehead atoms. The lowest BCUT2D eigenvalue weighted by Crippen LogP contribution is -2.02. The molecule has 1 heterocycles. The average molecular weight is 453 g/mol. The van der Waals surface area contributed by atoms with Crippen molar-refractivity contribution in [2.24, 2.45) is 5.10 Å². The monoisotopic (exact) mass is 452 g/mol. The number of rotatable bonds is 8. The Labute approximate surface area is 181 Å². The molecular formula is C20H19ClF2N4O2S. The standard InChI is InChI=1S/C20H19ClF2N4O2S/c1-12-8-15(21)5-7-16(12)29-11-14-9-13(4-6-17(14)28-2)10-24-27-19(18(22)23)25-26-20(27)30-3/h4-10,18H,11H2,1-3H3/b24-10+. The molecule has 3 aromatic rings. The first-order valence-electron chi connectivity index (χ1n) is 8.80. The lowest BCUT2D eigenvalue weighted by molar-refractivity contribution is 0.135. The number of hydrogen-bond acceptors (Lipinski definition) is 6. The highest BCUT2D eigenvalue weighted by Crippen LogP contribution is 2.26. The summed E-state index contributed by atoms with van der Waals surface area (Å²) in [6.07, 6.45) is 0.399. The number of aromatic nitrogens is 3. The van der Waals surface area contributed by atoms with Crippen LogP contribution in [0.5, 0.6) is 11.5 Å². The van der Waals surface area contributed by atoms with E-state index in [1.807, 2.05) is 19.1 Å². The first kappa shape index (κ1) is 22.0. The lowest BCUT2D eigenvalue weighted by atomic mass is 10.1. The molecule has 0 unspecified atom stereocenters. The van der Waals surface area contributed by atoms with Gasteiger partial charge < -0.3 is 9.47 Å². The van der Waals surface area contributed by atoms with Gasteiger partial charge in [0.1, 0.15) is 18.1 Å². The van der Waals surface area contributed by atoms with Gasteiger partial charge in [-0.1, -0.05) is 23.4 Å². The second-order valence-corrected chi connectivity index (χ2v) is 7.38. The van der Waals surface area contributed by atoms with Crippen molar-refractivity contribution in [1.82, 2.24) is 14.9 Å². The second kappa shape index (κ2) is 9.90. The normalized spacial score (nSPS) is 11.4. The van der Waals surface area contributed by atoms with Gasteiger partial charge >= 0.3 is 0 Å². The fourth-order valence-electron chi connectivity index (χ4n) is 2.69. The molecule has 0 saturated carbocycles. The predicted octanol–water partition coefficient (Wildman–Crippen LogP) is 5.37. The first-order valence-corrected chi connectivity index (χ1v) is 10.4. The Hall–Kier alpha value is -2.65. The summed E-state index contributed by atoms with van der Waals surface area (Å²) in [5.74, 6) is 0.836. The van der Waals surface area contributed by atoms with Crippen LogP contribution in [0.15, 0.2) is 46.7 Å². The van der Waals surface area contributed by atoms with Crippen molar-refractivity contribution in [3.8, 4) is 11.5 Å². The Kier molecular flexibility index (Phi) is 7.28. The van der Waals surface area contributed by atoms with Gasteiger partial charge in [-0.05, 0) is 60.7 Å². The number of benzene rings is 2. The minimum atomic E-state index is -2.78. The third-order valence-electron chi connectivity index (χ3n) is 4.16. The summed E-state index contributed by atoms with van der Waals surface area (Å²) < 4.78 is 38.6. The van der Waals surface area contributed by atoms with Crippen LogP contribution in [-0.4, -0.2) is 34.5 Å². The molecular weight excluding hydrogens is 434 g/mol. The largest absolute Gasteiger partial charge is 0.496 e. The zero-order valence-electron chi connectivity index (χ0n) is 16.5. The van der Waals surface area contributed by atoms with Crippen molar-refractivity contribution in [3.63, 3.8) is 0 Å². The van der Waals surface area contributed by atoms with Gasteiger partial charge in [0.15, 0.2) is 0 Å². The Bertz CT molecular complexity index is 1060. The summed E-state index contributed by atoms with van der Waals surface area (Å²) in [6, 6.07) is 10.7.